The molecular formula is C54H40N4. The van der Waals surface area contributed by atoms with Gasteiger partial charge in [0.1, 0.15) is 0 Å². The first-order valence-electron chi connectivity index (χ1n) is 19.8. The van der Waals surface area contributed by atoms with Crippen LogP contribution in [0.1, 0.15) is 33.9 Å². The Hall–Kier alpha value is -7.40. The SMILES string of the molecule is NC(c1ccccc1)c1ccc2ccccc2c1N=Cc1cc(C2=CC=C(c3cccc4ccccc34)NC2)cc(-c2ccc(-c3cccc4ccccc34)nc2)c1. The van der Waals surface area contributed by atoms with Crippen molar-refractivity contribution in [2.24, 2.45) is 10.7 Å². The average molecular weight is 745 g/mol. The summed E-state index contributed by atoms with van der Waals surface area (Å²) in [7, 11) is 0. The summed E-state index contributed by atoms with van der Waals surface area (Å²) in [6.07, 6.45) is 8.43. The molecule has 10 rings (SSSR count). The van der Waals surface area contributed by atoms with Gasteiger partial charge in [-0.25, -0.2) is 0 Å². The third-order valence-electron chi connectivity index (χ3n) is 11.3. The van der Waals surface area contributed by atoms with Gasteiger partial charge in [0.2, 0.25) is 0 Å². The first-order valence-corrected chi connectivity index (χ1v) is 19.8. The second-order valence-electron chi connectivity index (χ2n) is 14.8. The van der Waals surface area contributed by atoms with Crippen LogP contribution in [-0.4, -0.2) is 17.7 Å². The molecule has 1 aromatic heterocycles. The number of allylic oxidation sites excluding steroid dienone is 2. The van der Waals surface area contributed by atoms with E-state index >= 15 is 0 Å². The fraction of sp³-hybridized carbons (Fsp3) is 0.0370. The van der Waals surface area contributed by atoms with Crippen molar-refractivity contribution in [1.82, 2.24) is 10.3 Å². The fourth-order valence-electron chi connectivity index (χ4n) is 8.23. The highest BCUT2D eigenvalue weighted by molar-refractivity contribution is 5.99. The quantitative estimate of drug-likeness (QED) is 0.152. The van der Waals surface area contributed by atoms with Gasteiger partial charge in [-0.3, -0.25) is 9.98 Å². The minimum Gasteiger partial charge on any atom is -0.380 e. The Labute approximate surface area is 338 Å². The number of pyridine rings is 1. The molecule has 0 fully saturated rings. The van der Waals surface area contributed by atoms with Gasteiger partial charge in [0, 0.05) is 46.7 Å². The molecule has 0 amide bonds. The van der Waals surface area contributed by atoms with Crippen LogP contribution in [0.4, 0.5) is 5.69 Å². The van der Waals surface area contributed by atoms with Gasteiger partial charge in [-0.2, -0.15) is 0 Å². The van der Waals surface area contributed by atoms with Crippen molar-refractivity contribution < 1.29 is 0 Å². The molecule has 0 saturated heterocycles. The monoisotopic (exact) mass is 744 g/mol. The minimum atomic E-state index is -0.327. The highest BCUT2D eigenvalue weighted by Gasteiger charge is 2.17. The van der Waals surface area contributed by atoms with Crippen molar-refractivity contribution in [3.05, 3.63) is 228 Å². The first-order chi connectivity index (χ1) is 28.7. The maximum Gasteiger partial charge on any atom is 0.0759 e. The Bertz CT molecular complexity index is 3060. The van der Waals surface area contributed by atoms with Gasteiger partial charge in [0.05, 0.1) is 17.4 Å². The zero-order valence-electron chi connectivity index (χ0n) is 31.9. The molecule has 276 valence electrons. The van der Waals surface area contributed by atoms with Crippen molar-refractivity contribution in [3.8, 4) is 22.4 Å². The van der Waals surface area contributed by atoms with Crippen molar-refractivity contribution in [2.75, 3.05) is 6.54 Å². The predicted octanol–water partition coefficient (Wildman–Crippen LogP) is 12.7. The topological polar surface area (TPSA) is 63.3 Å². The lowest BCUT2D eigenvalue weighted by molar-refractivity contribution is 0.874. The first kappa shape index (κ1) is 35.0. The van der Waals surface area contributed by atoms with Crippen LogP contribution in [-0.2, 0) is 0 Å². The number of aliphatic imine (C=N–C) groups is 1. The summed E-state index contributed by atoms with van der Waals surface area (Å²) >= 11 is 0. The number of aromatic nitrogens is 1. The highest BCUT2D eigenvalue weighted by Crippen LogP contribution is 2.37. The molecule has 4 heteroatoms. The Morgan fingerprint density at radius 2 is 1.19 bits per heavy atom. The molecule has 0 spiro atoms. The predicted molar refractivity (Wildman–Crippen MR) is 244 cm³/mol. The molecule has 0 aliphatic carbocycles. The molecule has 0 bridgehead atoms. The van der Waals surface area contributed by atoms with E-state index in [0.29, 0.717) is 6.54 Å². The molecule has 8 aromatic carbocycles. The van der Waals surface area contributed by atoms with Crippen LogP contribution in [0.2, 0.25) is 0 Å². The molecule has 58 heavy (non-hydrogen) atoms. The smallest absolute Gasteiger partial charge is 0.0759 e. The van der Waals surface area contributed by atoms with Gasteiger partial charge in [-0.15, -0.1) is 0 Å². The Morgan fingerprint density at radius 1 is 0.552 bits per heavy atom. The van der Waals surface area contributed by atoms with Crippen LogP contribution in [0, 0.1) is 0 Å². The van der Waals surface area contributed by atoms with Crippen molar-refractivity contribution in [1.29, 1.82) is 0 Å². The van der Waals surface area contributed by atoms with E-state index < -0.39 is 0 Å². The lowest BCUT2D eigenvalue weighted by Gasteiger charge is -2.20. The second kappa shape index (κ2) is 15.3. The summed E-state index contributed by atoms with van der Waals surface area (Å²) in [6, 6.07) is 63.5. The number of fused-ring (bicyclic) bond motifs is 3. The van der Waals surface area contributed by atoms with E-state index in [1.54, 1.807) is 0 Å². The average Bonchev–Trinajstić information content (AvgIpc) is 3.30. The summed E-state index contributed by atoms with van der Waals surface area (Å²) in [6.45, 7) is 0.687. The summed E-state index contributed by atoms with van der Waals surface area (Å²) in [5.41, 5.74) is 19.7. The van der Waals surface area contributed by atoms with E-state index in [-0.39, 0.29) is 6.04 Å². The molecule has 0 saturated carbocycles. The third kappa shape index (κ3) is 6.76. The zero-order valence-corrected chi connectivity index (χ0v) is 31.9. The number of benzene rings is 8. The van der Waals surface area contributed by atoms with Gasteiger partial charge in [0.25, 0.3) is 0 Å². The van der Waals surface area contributed by atoms with E-state index in [9.17, 15) is 0 Å². The summed E-state index contributed by atoms with van der Waals surface area (Å²) in [5.74, 6) is 0. The standard InChI is InChI=1S/C54H40N4/c55-53(40-15-2-1-3-16-40)50-27-24-39-14-6-9-21-47(39)54(50)58-33-36-30-43(41-25-28-51(56-34-41)48-22-10-17-37-12-4-7-19-45(37)48)32-44(31-36)42-26-29-52(57-35-42)49-23-11-18-38-13-5-8-20-46(38)49/h1-34,53,57H,35,55H2. The van der Waals surface area contributed by atoms with Crippen LogP contribution >= 0.6 is 0 Å². The van der Waals surface area contributed by atoms with Gasteiger partial charge in [-0.1, -0.05) is 164 Å². The molecule has 9 aromatic rings. The van der Waals surface area contributed by atoms with Crippen molar-refractivity contribution in [3.63, 3.8) is 0 Å². The van der Waals surface area contributed by atoms with Crippen LogP contribution in [0.25, 0.3) is 66.0 Å². The Balaban J connectivity index is 1.07. The van der Waals surface area contributed by atoms with Crippen LogP contribution in [0.5, 0.6) is 0 Å². The lowest BCUT2D eigenvalue weighted by Crippen LogP contribution is -2.18. The number of hydrogen-bond acceptors (Lipinski definition) is 4. The number of dihydropyridines is 1. The molecular weight excluding hydrogens is 705 g/mol. The molecule has 1 aliphatic heterocycles. The highest BCUT2D eigenvalue weighted by atomic mass is 14.9. The van der Waals surface area contributed by atoms with Crippen LogP contribution in [0.3, 0.4) is 0 Å². The zero-order chi connectivity index (χ0) is 38.8. The van der Waals surface area contributed by atoms with Gasteiger partial charge >= 0.3 is 0 Å². The van der Waals surface area contributed by atoms with Gasteiger partial charge in [0.15, 0.2) is 0 Å². The van der Waals surface area contributed by atoms with E-state index in [0.717, 1.165) is 66.8 Å². The molecule has 2 heterocycles. The van der Waals surface area contributed by atoms with E-state index in [1.165, 1.54) is 32.7 Å². The lowest BCUT2D eigenvalue weighted by atomic mass is 9.93. The van der Waals surface area contributed by atoms with Gasteiger partial charge in [-0.05, 0) is 90.7 Å². The largest absolute Gasteiger partial charge is 0.380 e. The van der Waals surface area contributed by atoms with Crippen LogP contribution < -0.4 is 11.1 Å². The Morgan fingerprint density at radius 3 is 1.90 bits per heavy atom. The van der Waals surface area contributed by atoms with E-state index in [4.69, 9.17) is 15.7 Å². The number of nitrogens with two attached hydrogens (primary N) is 1. The number of nitrogens with zero attached hydrogens (tertiary/aromatic N) is 2. The third-order valence-corrected chi connectivity index (χ3v) is 11.3. The Kier molecular flexibility index (Phi) is 9.22. The molecule has 0 radical (unpaired) electrons. The van der Waals surface area contributed by atoms with Gasteiger partial charge < -0.3 is 11.1 Å². The van der Waals surface area contributed by atoms with Crippen LogP contribution in [0.15, 0.2) is 205 Å². The number of hydrogen-bond donors (Lipinski definition) is 2. The maximum atomic E-state index is 6.97. The summed E-state index contributed by atoms with van der Waals surface area (Å²) in [5, 5.41) is 10.8. The number of nitrogens with one attached hydrogen (secondary N) is 1. The summed E-state index contributed by atoms with van der Waals surface area (Å²) in [4.78, 5) is 10.3. The summed E-state index contributed by atoms with van der Waals surface area (Å²) < 4.78 is 0. The molecule has 3 N–H and O–H groups in total. The molecule has 4 nitrogen and oxygen atoms in total. The van der Waals surface area contributed by atoms with E-state index in [2.05, 4.69) is 181 Å². The van der Waals surface area contributed by atoms with Crippen molar-refractivity contribution >= 4 is 55.5 Å². The molecule has 1 aliphatic rings. The fourth-order valence-corrected chi connectivity index (χ4v) is 8.23. The maximum absolute atomic E-state index is 6.97. The number of rotatable bonds is 8. The molecule has 1 unspecified atom stereocenters. The normalized spacial score (nSPS) is 13.4. The van der Waals surface area contributed by atoms with Crippen molar-refractivity contribution in [2.45, 2.75) is 6.04 Å². The second-order valence-corrected chi connectivity index (χ2v) is 14.8. The minimum absolute atomic E-state index is 0.327. The van der Waals surface area contributed by atoms with E-state index in [1.807, 2.05) is 30.6 Å². The molecule has 1 atom stereocenters.